The number of halogens is 2. The molecule has 2 nitrogen and oxygen atoms in total. The number of benzene rings is 1. The molecule has 0 aromatic heterocycles. The maximum atomic E-state index is 6.29. The van der Waals surface area contributed by atoms with Crippen LogP contribution in [0.1, 0.15) is 51.1 Å². The van der Waals surface area contributed by atoms with Crippen molar-refractivity contribution in [1.29, 1.82) is 0 Å². The predicted octanol–water partition coefficient (Wildman–Crippen LogP) is 4.91. The number of likely N-dealkylation sites (tertiary alicyclic amines) is 1. The van der Waals surface area contributed by atoms with Gasteiger partial charge < -0.3 is 10.2 Å². The van der Waals surface area contributed by atoms with Crippen LogP contribution in [0.15, 0.2) is 18.2 Å². The quantitative estimate of drug-likeness (QED) is 0.798. The summed E-state index contributed by atoms with van der Waals surface area (Å²) < 4.78 is 0. The van der Waals surface area contributed by atoms with Gasteiger partial charge in [-0.05, 0) is 63.5 Å². The van der Waals surface area contributed by atoms with Crippen molar-refractivity contribution >= 4 is 23.2 Å². The molecule has 1 heterocycles. The van der Waals surface area contributed by atoms with Gasteiger partial charge in [-0.15, -0.1) is 0 Å². The Kier molecular flexibility index (Phi) is 6.81. The summed E-state index contributed by atoms with van der Waals surface area (Å²) in [6, 6.07) is 6.61. The third-order valence-corrected chi connectivity index (χ3v) is 4.89. The number of piperidine rings is 1. The smallest absolute Gasteiger partial charge is 0.0468 e. The van der Waals surface area contributed by atoms with E-state index >= 15 is 0 Å². The number of nitrogens with one attached hydrogen (secondary N) is 1. The number of nitrogens with zero attached hydrogens (tertiary/aromatic N) is 1. The number of hydrogen-bond donors (Lipinski definition) is 1. The SMILES string of the molecule is CCCCN1CCC(NC(C)c2ccc(Cl)cc2Cl)CC1. The van der Waals surface area contributed by atoms with E-state index in [1.54, 1.807) is 0 Å². The van der Waals surface area contributed by atoms with Crippen molar-refractivity contribution in [2.45, 2.75) is 51.6 Å². The second-order valence-corrected chi connectivity index (χ2v) is 6.87. The minimum Gasteiger partial charge on any atom is -0.307 e. The Bertz CT molecular complexity index is 442. The summed E-state index contributed by atoms with van der Waals surface area (Å²) in [6.07, 6.45) is 5.04. The fourth-order valence-electron chi connectivity index (χ4n) is 3.00. The molecule has 118 valence electrons. The number of hydrogen-bond acceptors (Lipinski definition) is 2. The molecule has 0 bridgehead atoms. The fraction of sp³-hybridized carbons (Fsp3) is 0.647. The lowest BCUT2D eigenvalue weighted by atomic mass is 10.0. The van der Waals surface area contributed by atoms with Crippen LogP contribution in [0.4, 0.5) is 0 Å². The normalized spacial score (nSPS) is 18.9. The zero-order chi connectivity index (χ0) is 15.2. The Morgan fingerprint density at radius 3 is 2.62 bits per heavy atom. The number of unbranched alkanes of at least 4 members (excludes halogenated alkanes) is 1. The van der Waals surface area contributed by atoms with E-state index in [2.05, 4.69) is 24.1 Å². The standard InChI is InChI=1S/C17H26Cl2N2/c1-3-4-9-21-10-7-15(8-11-21)20-13(2)16-6-5-14(18)12-17(16)19/h5-6,12-13,15,20H,3-4,7-11H2,1-2H3. The molecule has 1 aromatic rings. The monoisotopic (exact) mass is 328 g/mol. The van der Waals surface area contributed by atoms with Crippen molar-refractivity contribution in [1.82, 2.24) is 10.2 Å². The zero-order valence-corrected chi connectivity index (χ0v) is 14.6. The Hall–Kier alpha value is -0.280. The molecule has 0 saturated carbocycles. The highest BCUT2D eigenvalue weighted by atomic mass is 35.5. The first-order valence-corrected chi connectivity index (χ1v) is 8.79. The Labute approximate surface area is 138 Å². The highest BCUT2D eigenvalue weighted by Gasteiger charge is 2.21. The van der Waals surface area contributed by atoms with Crippen molar-refractivity contribution in [3.63, 3.8) is 0 Å². The summed E-state index contributed by atoms with van der Waals surface area (Å²) >= 11 is 12.3. The van der Waals surface area contributed by atoms with E-state index in [0.29, 0.717) is 11.1 Å². The van der Waals surface area contributed by atoms with Crippen molar-refractivity contribution in [2.24, 2.45) is 0 Å². The van der Waals surface area contributed by atoms with Crippen LogP contribution in [0.3, 0.4) is 0 Å². The molecule has 1 atom stereocenters. The molecule has 4 heteroatoms. The van der Waals surface area contributed by atoms with E-state index in [4.69, 9.17) is 23.2 Å². The van der Waals surface area contributed by atoms with Gasteiger partial charge in [0.25, 0.3) is 0 Å². The summed E-state index contributed by atoms with van der Waals surface area (Å²) in [5, 5.41) is 5.17. The van der Waals surface area contributed by atoms with Crippen molar-refractivity contribution < 1.29 is 0 Å². The van der Waals surface area contributed by atoms with Crippen LogP contribution in [0, 0.1) is 0 Å². The first-order valence-electron chi connectivity index (χ1n) is 8.03. The molecule has 1 aliphatic heterocycles. The Morgan fingerprint density at radius 2 is 2.00 bits per heavy atom. The average molecular weight is 329 g/mol. The van der Waals surface area contributed by atoms with Crippen LogP contribution in [0.2, 0.25) is 10.0 Å². The van der Waals surface area contributed by atoms with Gasteiger partial charge in [0.1, 0.15) is 0 Å². The molecule has 1 fully saturated rings. The van der Waals surface area contributed by atoms with Crippen LogP contribution >= 0.6 is 23.2 Å². The van der Waals surface area contributed by atoms with Gasteiger partial charge in [-0.25, -0.2) is 0 Å². The lowest BCUT2D eigenvalue weighted by Crippen LogP contribution is -2.43. The van der Waals surface area contributed by atoms with Crippen LogP contribution in [-0.2, 0) is 0 Å². The van der Waals surface area contributed by atoms with Gasteiger partial charge >= 0.3 is 0 Å². The first-order chi connectivity index (χ1) is 10.1. The maximum Gasteiger partial charge on any atom is 0.0468 e. The van der Waals surface area contributed by atoms with Crippen LogP contribution in [-0.4, -0.2) is 30.6 Å². The minimum absolute atomic E-state index is 0.266. The van der Waals surface area contributed by atoms with Crippen LogP contribution < -0.4 is 5.32 Å². The van der Waals surface area contributed by atoms with E-state index in [0.717, 1.165) is 10.6 Å². The van der Waals surface area contributed by atoms with E-state index in [9.17, 15) is 0 Å². The summed E-state index contributed by atoms with van der Waals surface area (Å²) in [7, 11) is 0. The van der Waals surface area contributed by atoms with Crippen molar-refractivity contribution in [3.8, 4) is 0 Å². The second-order valence-electron chi connectivity index (χ2n) is 6.02. The summed E-state index contributed by atoms with van der Waals surface area (Å²) in [5.74, 6) is 0. The molecule has 0 amide bonds. The fourth-order valence-corrected chi connectivity index (χ4v) is 3.57. The van der Waals surface area contributed by atoms with Crippen LogP contribution in [0.25, 0.3) is 0 Å². The van der Waals surface area contributed by atoms with Gasteiger partial charge in [-0.2, -0.15) is 0 Å². The van der Waals surface area contributed by atoms with E-state index in [1.807, 2.05) is 18.2 Å². The highest BCUT2D eigenvalue weighted by molar-refractivity contribution is 6.35. The first kappa shape index (κ1) is 17.1. The Morgan fingerprint density at radius 1 is 1.29 bits per heavy atom. The molecule has 1 unspecified atom stereocenters. The van der Waals surface area contributed by atoms with E-state index in [-0.39, 0.29) is 6.04 Å². The molecule has 21 heavy (non-hydrogen) atoms. The van der Waals surface area contributed by atoms with Gasteiger partial charge in [-0.1, -0.05) is 42.6 Å². The van der Waals surface area contributed by atoms with Gasteiger partial charge in [0.2, 0.25) is 0 Å². The van der Waals surface area contributed by atoms with Gasteiger partial charge in [0.05, 0.1) is 0 Å². The van der Waals surface area contributed by atoms with E-state index in [1.165, 1.54) is 45.3 Å². The number of rotatable bonds is 6. The van der Waals surface area contributed by atoms with Gasteiger partial charge in [0, 0.05) is 22.1 Å². The molecule has 0 spiro atoms. The largest absolute Gasteiger partial charge is 0.307 e. The molecule has 1 saturated heterocycles. The molecule has 1 aliphatic rings. The topological polar surface area (TPSA) is 15.3 Å². The summed E-state index contributed by atoms with van der Waals surface area (Å²) in [4.78, 5) is 2.58. The maximum absolute atomic E-state index is 6.29. The van der Waals surface area contributed by atoms with Gasteiger partial charge in [0.15, 0.2) is 0 Å². The summed E-state index contributed by atoms with van der Waals surface area (Å²) in [5.41, 5.74) is 1.13. The van der Waals surface area contributed by atoms with Crippen LogP contribution in [0.5, 0.6) is 0 Å². The van der Waals surface area contributed by atoms with E-state index < -0.39 is 0 Å². The van der Waals surface area contributed by atoms with Crippen molar-refractivity contribution in [3.05, 3.63) is 33.8 Å². The molecule has 1 aromatic carbocycles. The zero-order valence-electron chi connectivity index (χ0n) is 13.0. The summed E-state index contributed by atoms with van der Waals surface area (Å²) in [6.45, 7) is 8.10. The Balaban J connectivity index is 1.82. The molecule has 0 aliphatic carbocycles. The predicted molar refractivity (Wildman–Crippen MR) is 92.4 cm³/mol. The molecular weight excluding hydrogens is 303 g/mol. The lowest BCUT2D eigenvalue weighted by Gasteiger charge is -2.34. The third kappa shape index (κ3) is 5.14. The van der Waals surface area contributed by atoms with Crippen molar-refractivity contribution in [2.75, 3.05) is 19.6 Å². The molecular formula is C17H26Cl2N2. The highest BCUT2D eigenvalue weighted by Crippen LogP contribution is 2.27. The molecule has 0 radical (unpaired) electrons. The minimum atomic E-state index is 0.266. The third-order valence-electron chi connectivity index (χ3n) is 4.33. The van der Waals surface area contributed by atoms with Gasteiger partial charge in [-0.3, -0.25) is 0 Å². The lowest BCUT2D eigenvalue weighted by molar-refractivity contribution is 0.190. The molecule has 1 N–H and O–H groups in total. The average Bonchev–Trinajstić information content (AvgIpc) is 2.46. The second kappa shape index (κ2) is 8.38. The molecule has 2 rings (SSSR count).